The van der Waals surface area contributed by atoms with Crippen molar-refractivity contribution in [1.82, 2.24) is 14.7 Å². The lowest BCUT2D eigenvalue weighted by Crippen LogP contribution is -2.52. The molecule has 0 aliphatic carbocycles. The van der Waals surface area contributed by atoms with Crippen LogP contribution >= 0.6 is 0 Å². The highest BCUT2D eigenvalue weighted by molar-refractivity contribution is 7.86. The third-order valence-corrected chi connectivity index (χ3v) is 17.7. The van der Waals surface area contributed by atoms with Crippen LogP contribution in [0.15, 0.2) is 0 Å². The van der Waals surface area contributed by atoms with Crippen molar-refractivity contribution in [3.63, 3.8) is 0 Å². The summed E-state index contributed by atoms with van der Waals surface area (Å²) < 4.78 is 118. The van der Waals surface area contributed by atoms with E-state index in [1.54, 1.807) is 14.7 Å². The van der Waals surface area contributed by atoms with E-state index < -0.39 is 74.7 Å². The number of quaternary nitrogens is 1. The third-order valence-electron chi connectivity index (χ3n) is 12.3. The van der Waals surface area contributed by atoms with Gasteiger partial charge in [0, 0.05) is 71.4 Å². The van der Waals surface area contributed by atoms with Crippen LogP contribution in [0.3, 0.4) is 0 Å². The van der Waals surface area contributed by atoms with Crippen molar-refractivity contribution in [3.8, 4) is 0 Å². The Balaban J connectivity index is 6.87. The van der Waals surface area contributed by atoms with E-state index >= 15 is 0 Å². The van der Waals surface area contributed by atoms with E-state index in [2.05, 4.69) is 20.9 Å². The molecule has 0 amide bonds. The van der Waals surface area contributed by atoms with Gasteiger partial charge in [-0.25, -0.2) is 0 Å². The lowest BCUT2D eigenvalue weighted by atomic mass is 10.1. The van der Waals surface area contributed by atoms with Gasteiger partial charge < -0.3 is 48.4 Å². The lowest BCUT2D eigenvalue weighted by molar-refractivity contribution is -0.910. The molecule has 0 bridgehead atoms. The minimum absolute atomic E-state index is 0.0134. The lowest BCUT2D eigenvalue weighted by Gasteiger charge is -2.37. The Hall–Kier alpha value is -0.573. The zero-order valence-corrected chi connectivity index (χ0v) is 47.0. The summed E-state index contributed by atoms with van der Waals surface area (Å²) in [5.41, 5.74) is 0. The number of hydrogen-bond acceptors (Lipinski definition) is 18. The van der Waals surface area contributed by atoms with Gasteiger partial charge in [0.1, 0.15) is 17.3 Å². The summed E-state index contributed by atoms with van der Waals surface area (Å²) in [6.45, 7) is 5.20. The molecule has 22 nitrogen and oxygen atoms in total. The molecule has 0 aromatic heterocycles. The SMILES string of the molecule is CCCCCCCCCC[N+](C)(CCCCCCCCCC)CCC[Si](OCCN(CCO)CC(O)CS(=O)(=O)O)(OCCN(CCO)CC(O)CS(=O)(=O)O)OCCN(CCO)CC(O)CS(=O)(=O)O. The minimum Gasteiger partial charge on any atom is -0.395 e. The minimum atomic E-state index is -4.51. The van der Waals surface area contributed by atoms with E-state index in [1.165, 1.54) is 77.0 Å². The molecule has 0 saturated carbocycles. The molecule has 9 N–H and O–H groups in total. The maximum Gasteiger partial charge on any atom is 0.501 e. The molecule has 428 valence electrons. The number of hydrogen-bond donors (Lipinski definition) is 9. The largest absolute Gasteiger partial charge is 0.501 e. The number of aliphatic hydroxyl groups is 6. The van der Waals surface area contributed by atoms with Gasteiger partial charge in [0.25, 0.3) is 30.4 Å². The highest BCUT2D eigenvalue weighted by Gasteiger charge is 2.42. The number of rotatable bonds is 52. The third kappa shape index (κ3) is 42.3. The Kier molecular flexibility index (Phi) is 40.3. The molecular formula is C45H99N4O18S3Si+. The van der Waals surface area contributed by atoms with Crippen LogP contribution < -0.4 is 0 Å². The standard InChI is InChI=1S/C45H98N4O18S3Si/c1-4-6-8-10-12-14-16-18-27-49(3,28-19-17-15-13-11-9-7-5-2)29-20-36-71(65-33-24-46(21-30-50)37-43(53)40-68(56,57)58,66-34-25-47(22-31-51)38-44(54)41-69(59,60)61)67-35-26-48(23-32-52)39-45(55)42-70(62,63)64/h43-45,50-55H,4-42H2,1-3H3,(H2-,56,57,58,59,60,61,62,63,64)/p+1. The van der Waals surface area contributed by atoms with E-state index in [0.717, 1.165) is 49.8 Å². The van der Waals surface area contributed by atoms with Gasteiger partial charge in [-0.15, -0.1) is 0 Å². The topological polar surface area (TPSA) is 322 Å². The van der Waals surface area contributed by atoms with Crippen LogP contribution in [0.1, 0.15) is 123 Å². The number of unbranched alkanes of at least 4 members (excludes halogenated alkanes) is 14. The van der Waals surface area contributed by atoms with Crippen LogP contribution in [0, 0.1) is 0 Å². The van der Waals surface area contributed by atoms with E-state index in [0.29, 0.717) is 6.42 Å². The second-order valence-electron chi connectivity index (χ2n) is 19.4. The maximum absolute atomic E-state index is 11.5. The van der Waals surface area contributed by atoms with Crippen molar-refractivity contribution >= 4 is 39.2 Å². The molecule has 0 spiro atoms. The van der Waals surface area contributed by atoms with Gasteiger partial charge in [0.2, 0.25) is 0 Å². The molecule has 0 rings (SSSR count). The molecule has 0 aromatic carbocycles. The van der Waals surface area contributed by atoms with E-state index in [9.17, 15) is 69.6 Å². The van der Waals surface area contributed by atoms with Crippen molar-refractivity contribution < 1.29 is 87.3 Å². The highest BCUT2D eigenvalue weighted by atomic mass is 32.2. The van der Waals surface area contributed by atoms with E-state index in [-0.39, 0.29) is 105 Å². The normalized spacial score (nSPS) is 15.3. The molecule has 0 aliphatic heterocycles. The first-order valence-corrected chi connectivity index (χ1v) is 32.8. The van der Waals surface area contributed by atoms with Crippen molar-refractivity contribution in [2.45, 2.75) is 147 Å². The van der Waals surface area contributed by atoms with Gasteiger partial charge in [-0.05, 0) is 25.7 Å². The molecule has 0 heterocycles. The monoisotopic (exact) mass is 1110 g/mol. The second-order valence-corrected chi connectivity index (χ2v) is 26.6. The predicted molar refractivity (Wildman–Crippen MR) is 277 cm³/mol. The molecule has 0 aromatic rings. The van der Waals surface area contributed by atoms with Gasteiger partial charge in [-0.3, -0.25) is 28.4 Å². The molecular weight excluding hydrogens is 1010 g/mol. The smallest absolute Gasteiger partial charge is 0.395 e. The van der Waals surface area contributed by atoms with Gasteiger partial charge >= 0.3 is 8.80 Å². The van der Waals surface area contributed by atoms with Gasteiger partial charge in [-0.2, -0.15) is 25.3 Å². The Labute approximate surface area is 429 Å². The average molecular weight is 1110 g/mol. The van der Waals surface area contributed by atoms with Gasteiger partial charge in [0.05, 0.1) is 84.6 Å². The van der Waals surface area contributed by atoms with Gasteiger partial charge in [-0.1, -0.05) is 90.9 Å². The fourth-order valence-electron chi connectivity index (χ4n) is 8.69. The van der Waals surface area contributed by atoms with Crippen LogP contribution in [0.5, 0.6) is 0 Å². The molecule has 3 unspecified atom stereocenters. The molecule has 0 radical (unpaired) electrons. The number of aliphatic hydroxyl groups excluding tert-OH is 6. The van der Waals surface area contributed by atoms with Crippen molar-refractivity contribution in [2.75, 3.05) is 142 Å². The summed E-state index contributed by atoms with van der Waals surface area (Å²) in [6.07, 6.45) is 15.1. The summed E-state index contributed by atoms with van der Waals surface area (Å²) in [6, 6.07) is 0.276. The average Bonchev–Trinajstić information content (AvgIpc) is 3.23. The van der Waals surface area contributed by atoms with Crippen LogP contribution in [0.2, 0.25) is 6.04 Å². The number of nitrogens with zero attached hydrogens (tertiary/aromatic N) is 4. The molecule has 3 atom stereocenters. The summed E-state index contributed by atoms with van der Waals surface area (Å²) >= 11 is 0. The zero-order chi connectivity index (χ0) is 53.7. The van der Waals surface area contributed by atoms with Crippen molar-refractivity contribution in [3.05, 3.63) is 0 Å². The Morgan fingerprint density at radius 3 is 0.972 bits per heavy atom. The summed E-state index contributed by atoms with van der Waals surface area (Å²) in [5.74, 6) is -2.79. The molecule has 0 aliphatic rings. The maximum atomic E-state index is 11.5. The van der Waals surface area contributed by atoms with E-state index in [1.807, 2.05) is 0 Å². The summed E-state index contributed by atoms with van der Waals surface area (Å²) in [7, 11) is -15.2. The van der Waals surface area contributed by atoms with Crippen molar-refractivity contribution in [1.29, 1.82) is 0 Å². The van der Waals surface area contributed by atoms with Crippen LogP contribution in [-0.4, -0.2) is 258 Å². The van der Waals surface area contributed by atoms with Crippen molar-refractivity contribution in [2.24, 2.45) is 0 Å². The van der Waals surface area contributed by atoms with E-state index in [4.69, 9.17) is 13.3 Å². The predicted octanol–water partition coefficient (Wildman–Crippen LogP) is 1.72. The fourth-order valence-corrected chi connectivity index (χ4v) is 12.9. The first-order valence-electron chi connectivity index (χ1n) is 26.1. The molecule has 71 heavy (non-hydrogen) atoms. The second kappa shape index (κ2) is 40.6. The summed E-state index contributed by atoms with van der Waals surface area (Å²) in [5, 5.41) is 60.9. The summed E-state index contributed by atoms with van der Waals surface area (Å²) in [4.78, 5) is 4.65. The van der Waals surface area contributed by atoms with Crippen LogP contribution in [0.4, 0.5) is 0 Å². The first kappa shape index (κ1) is 70.4. The molecule has 0 saturated heterocycles. The first-order chi connectivity index (χ1) is 33.4. The van der Waals surface area contributed by atoms with Crippen LogP contribution in [0.25, 0.3) is 0 Å². The molecule has 26 heteroatoms. The zero-order valence-electron chi connectivity index (χ0n) is 43.5. The highest BCUT2D eigenvalue weighted by Crippen LogP contribution is 2.23. The Morgan fingerprint density at radius 1 is 0.437 bits per heavy atom. The fraction of sp³-hybridized carbons (Fsp3) is 1.00. The van der Waals surface area contributed by atoms with Crippen LogP contribution in [-0.2, 0) is 43.6 Å². The Morgan fingerprint density at radius 2 is 0.704 bits per heavy atom. The molecule has 0 fully saturated rings. The van der Waals surface area contributed by atoms with Gasteiger partial charge in [0.15, 0.2) is 0 Å². The Bertz CT molecular complexity index is 1470. The quantitative estimate of drug-likeness (QED) is 0.0181.